The second kappa shape index (κ2) is 8.55. The Bertz CT molecular complexity index is 1160. The Morgan fingerprint density at radius 2 is 1.79 bits per heavy atom. The lowest BCUT2D eigenvalue weighted by atomic mass is 9.71. The number of aromatic nitrogens is 3. The third kappa shape index (κ3) is 3.88. The number of benzene rings is 2. The van der Waals surface area contributed by atoms with E-state index in [1.54, 1.807) is 24.3 Å². The van der Waals surface area contributed by atoms with Crippen LogP contribution in [-0.2, 0) is 17.6 Å². The Balaban J connectivity index is 1.03. The van der Waals surface area contributed by atoms with E-state index in [0.717, 1.165) is 62.4 Å². The standard InChI is InChI=1S/C27H31N5O2/c1-34-23-6-2-20(3-7-23)16-26(33)30-14-10-27(11-15-30)18-31(19-27)25-9-4-21-17-22(5-8-24(21)25)32-28-12-13-29-32/h2-3,5-8,12-13,17,25H,4,9-11,14-16,18-19H2,1H3. The van der Waals surface area contributed by atoms with Gasteiger partial charge in [-0.15, -0.1) is 0 Å². The molecule has 3 aromatic rings. The van der Waals surface area contributed by atoms with Crippen LogP contribution in [0, 0.1) is 5.41 Å². The minimum absolute atomic E-state index is 0.239. The largest absolute Gasteiger partial charge is 0.497 e. The van der Waals surface area contributed by atoms with Crippen LogP contribution in [-0.4, -0.2) is 64.0 Å². The Labute approximate surface area is 200 Å². The topological polar surface area (TPSA) is 63.5 Å². The molecule has 7 heteroatoms. The number of aryl methyl sites for hydroxylation is 1. The van der Waals surface area contributed by atoms with Crippen LogP contribution in [0.1, 0.15) is 42.0 Å². The predicted molar refractivity (Wildman–Crippen MR) is 129 cm³/mol. The summed E-state index contributed by atoms with van der Waals surface area (Å²) in [6.45, 7) is 4.06. The van der Waals surface area contributed by atoms with Crippen LogP contribution in [0.5, 0.6) is 5.75 Å². The van der Waals surface area contributed by atoms with Gasteiger partial charge in [0.05, 0.1) is 31.6 Å². The molecule has 1 spiro atoms. The number of likely N-dealkylation sites (tertiary alicyclic amines) is 2. The van der Waals surface area contributed by atoms with E-state index in [2.05, 4.69) is 38.2 Å². The third-order valence-corrected chi connectivity index (χ3v) is 8.03. The molecule has 2 aliphatic heterocycles. The van der Waals surface area contributed by atoms with Gasteiger partial charge in [0.1, 0.15) is 5.75 Å². The molecule has 0 radical (unpaired) electrons. The number of carbonyl (C=O) groups is 1. The molecule has 34 heavy (non-hydrogen) atoms. The van der Waals surface area contributed by atoms with Crippen LogP contribution in [0.3, 0.4) is 0 Å². The van der Waals surface area contributed by atoms with Gasteiger partial charge in [0.2, 0.25) is 5.91 Å². The molecule has 1 atom stereocenters. The summed E-state index contributed by atoms with van der Waals surface area (Å²) in [6.07, 6.45) is 8.43. The third-order valence-electron chi connectivity index (χ3n) is 8.03. The van der Waals surface area contributed by atoms with Gasteiger partial charge in [-0.3, -0.25) is 9.69 Å². The van der Waals surface area contributed by atoms with Gasteiger partial charge >= 0.3 is 0 Å². The number of carbonyl (C=O) groups excluding carboxylic acids is 1. The Morgan fingerprint density at radius 3 is 2.50 bits per heavy atom. The molecule has 7 nitrogen and oxygen atoms in total. The zero-order chi connectivity index (χ0) is 23.1. The molecule has 6 rings (SSSR count). The summed E-state index contributed by atoms with van der Waals surface area (Å²) in [5, 5.41) is 8.52. The first kappa shape index (κ1) is 21.4. The highest BCUT2D eigenvalue weighted by molar-refractivity contribution is 5.79. The van der Waals surface area contributed by atoms with E-state index in [9.17, 15) is 4.79 Å². The maximum atomic E-state index is 12.8. The molecule has 0 saturated carbocycles. The number of methoxy groups -OCH3 is 1. The van der Waals surface area contributed by atoms with Crippen LogP contribution >= 0.6 is 0 Å². The maximum Gasteiger partial charge on any atom is 0.226 e. The molecular weight excluding hydrogens is 426 g/mol. The number of piperidine rings is 1. The molecule has 0 bridgehead atoms. The average molecular weight is 458 g/mol. The number of fused-ring (bicyclic) bond motifs is 1. The maximum absolute atomic E-state index is 12.8. The fourth-order valence-electron chi connectivity index (χ4n) is 6.05. The van der Waals surface area contributed by atoms with Gasteiger partial charge in [-0.1, -0.05) is 18.2 Å². The van der Waals surface area contributed by atoms with Crippen molar-refractivity contribution in [3.05, 3.63) is 71.5 Å². The summed E-state index contributed by atoms with van der Waals surface area (Å²) in [5.41, 5.74) is 5.37. The summed E-state index contributed by atoms with van der Waals surface area (Å²) in [6, 6.07) is 15.0. The van der Waals surface area contributed by atoms with Crippen molar-refractivity contribution < 1.29 is 9.53 Å². The fraction of sp³-hybridized carbons (Fsp3) is 0.444. The van der Waals surface area contributed by atoms with Crippen LogP contribution in [0.25, 0.3) is 5.69 Å². The van der Waals surface area contributed by atoms with E-state index in [4.69, 9.17) is 4.74 Å². The van der Waals surface area contributed by atoms with Crippen molar-refractivity contribution in [3.63, 3.8) is 0 Å². The Hall–Kier alpha value is -3.19. The van der Waals surface area contributed by atoms with E-state index in [1.165, 1.54) is 17.5 Å². The highest BCUT2D eigenvalue weighted by Crippen LogP contribution is 2.47. The van der Waals surface area contributed by atoms with E-state index < -0.39 is 0 Å². The molecule has 2 aromatic carbocycles. The van der Waals surface area contributed by atoms with Gasteiger partial charge < -0.3 is 9.64 Å². The lowest BCUT2D eigenvalue weighted by Gasteiger charge is -2.56. The number of hydrogen-bond acceptors (Lipinski definition) is 5. The molecule has 1 aliphatic carbocycles. The molecule has 176 valence electrons. The van der Waals surface area contributed by atoms with Gasteiger partial charge in [-0.2, -0.15) is 15.0 Å². The number of ether oxygens (including phenoxy) is 1. The second-order valence-electron chi connectivity index (χ2n) is 10.1. The van der Waals surface area contributed by atoms with Crippen molar-refractivity contribution in [1.82, 2.24) is 24.8 Å². The van der Waals surface area contributed by atoms with Crippen molar-refractivity contribution in [2.24, 2.45) is 5.41 Å². The molecular formula is C27H31N5O2. The first-order chi connectivity index (χ1) is 16.6. The van der Waals surface area contributed by atoms with Gasteiger partial charge in [-0.05, 0) is 72.1 Å². The van der Waals surface area contributed by atoms with E-state index >= 15 is 0 Å². The SMILES string of the molecule is COc1ccc(CC(=O)N2CCC3(CC2)CN(C2CCc4cc(-n5nccn5)ccc42)C3)cc1. The van der Waals surface area contributed by atoms with E-state index in [1.807, 2.05) is 24.3 Å². The van der Waals surface area contributed by atoms with E-state index in [0.29, 0.717) is 17.9 Å². The van der Waals surface area contributed by atoms with Gasteiger partial charge in [0, 0.05) is 32.2 Å². The van der Waals surface area contributed by atoms with Crippen molar-refractivity contribution in [3.8, 4) is 11.4 Å². The van der Waals surface area contributed by atoms with Crippen LogP contribution in [0.2, 0.25) is 0 Å². The number of amides is 1. The summed E-state index contributed by atoms with van der Waals surface area (Å²) >= 11 is 0. The summed E-state index contributed by atoms with van der Waals surface area (Å²) in [5.74, 6) is 1.06. The van der Waals surface area contributed by atoms with Crippen LogP contribution < -0.4 is 4.74 Å². The Morgan fingerprint density at radius 1 is 1.06 bits per heavy atom. The van der Waals surface area contributed by atoms with Crippen LogP contribution in [0.4, 0.5) is 0 Å². The zero-order valence-corrected chi connectivity index (χ0v) is 19.7. The molecule has 1 unspecified atom stereocenters. The molecule has 2 saturated heterocycles. The zero-order valence-electron chi connectivity index (χ0n) is 19.7. The second-order valence-corrected chi connectivity index (χ2v) is 10.1. The summed E-state index contributed by atoms with van der Waals surface area (Å²) in [7, 11) is 1.66. The molecule has 1 aromatic heterocycles. The van der Waals surface area contributed by atoms with Crippen LogP contribution in [0.15, 0.2) is 54.9 Å². The van der Waals surface area contributed by atoms with Gasteiger partial charge in [-0.25, -0.2) is 0 Å². The number of rotatable bonds is 5. The molecule has 2 fully saturated rings. The normalized spacial score (nSPS) is 21.3. The quantitative estimate of drug-likeness (QED) is 0.587. The molecule has 1 amide bonds. The smallest absolute Gasteiger partial charge is 0.226 e. The first-order valence-electron chi connectivity index (χ1n) is 12.3. The van der Waals surface area contributed by atoms with Crippen molar-refractivity contribution in [2.45, 2.75) is 38.1 Å². The molecule has 3 aliphatic rings. The predicted octanol–water partition coefficient (Wildman–Crippen LogP) is 3.43. The van der Waals surface area contributed by atoms with Crippen molar-refractivity contribution >= 4 is 5.91 Å². The number of nitrogens with zero attached hydrogens (tertiary/aromatic N) is 5. The average Bonchev–Trinajstić information content (AvgIpc) is 3.53. The lowest BCUT2D eigenvalue weighted by Crippen LogP contribution is -2.61. The fourth-order valence-corrected chi connectivity index (χ4v) is 6.05. The minimum Gasteiger partial charge on any atom is -0.497 e. The van der Waals surface area contributed by atoms with E-state index in [-0.39, 0.29) is 5.91 Å². The van der Waals surface area contributed by atoms with Crippen molar-refractivity contribution in [2.75, 3.05) is 33.3 Å². The molecule has 3 heterocycles. The lowest BCUT2D eigenvalue weighted by molar-refractivity contribution is -0.136. The monoisotopic (exact) mass is 457 g/mol. The summed E-state index contributed by atoms with van der Waals surface area (Å²) in [4.78, 5) is 19.2. The number of hydrogen-bond donors (Lipinski definition) is 0. The van der Waals surface area contributed by atoms with Crippen molar-refractivity contribution in [1.29, 1.82) is 0 Å². The van der Waals surface area contributed by atoms with Gasteiger partial charge in [0.15, 0.2) is 0 Å². The Kier molecular flexibility index (Phi) is 5.37. The highest BCUT2D eigenvalue weighted by Gasteiger charge is 2.48. The summed E-state index contributed by atoms with van der Waals surface area (Å²) < 4.78 is 5.21. The van der Waals surface area contributed by atoms with Gasteiger partial charge in [0.25, 0.3) is 0 Å². The molecule has 0 N–H and O–H groups in total. The highest BCUT2D eigenvalue weighted by atomic mass is 16.5. The minimum atomic E-state index is 0.239. The first-order valence-corrected chi connectivity index (χ1v) is 12.3.